The molecule has 0 aliphatic heterocycles. The Labute approximate surface area is 138 Å². The molecule has 21 heavy (non-hydrogen) atoms. The quantitative estimate of drug-likeness (QED) is 0.800. The van der Waals surface area contributed by atoms with Crippen molar-refractivity contribution in [3.8, 4) is 0 Å². The molecule has 0 saturated heterocycles. The molecule has 118 valence electrons. The van der Waals surface area contributed by atoms with Gasteiger partial charge in [0.25, 0.3) is 5.91 Å². The van der Waals surface area contributed by atoms with Crippen molar-refractivity contribution < 1.29 is 13.2 Å². The highest BCUT2D eigenvalue weighted by molar-refractivity contribution is 9.10. The summed E-state index contributed by atoms with van der Waals surface area (Å²) in [5.74, 6) is -0.433. The number of carbonyl (C=O) groups is 1. The van der Waals surface area contributed by atoms with E-state index in [1.807, 2.05) is 20.8 Å². The van der Waals surface area contributed by atoms with Crippen LogP contribution in [0.3, 0.4) is 0 Å². The second-order valence-electron chi connectivity index (χ2n) is 5.03. The minimum absolute atomic E-state index is 0.0724. The first-order valence-electron chi connectivity index (χ1n) is 6.38. The summed E-state index contributed by atoms with van der Waals surface area (Å²) < 4.78 is 23.2. The molecule has 0 heterocycles. The van der Waals surface area contributed by atoms with Gasteiger partial charge in [-0.2, -0.15) is 0 Å². The second-order valence-corrected chi connectivity index (χ2v) is 7.83. The van der Waals surface area contributed by atoms with E-state index in [1.54, 1.807) is 0 Å². The fraction of sp³-hybridized carbons (Fsp3) is 0.462. The van der Waals surface area contributed by atoms with E-state index < -0.39 is 15.9 Å². The van der Waals surface area contributed by atoms with E-state index in [0.717, 1.165) is 12.8 Å². The van der Waals surface area contributed by atoms with E-state index in [1.165, 1.54) is 12.1 Å². The highest BCUT2D eigenvalue weighted by atomic mass is 79.9. The van der Waals surface area contributed by atoms with Crippen molar-refractivity contribution in [2.45, 2.75) is 44.0 Å². The Morgan fingerprint density at radius 2 is 1.90 bits per heavy atom. The number of primary sulfonamides is 1. The Hall–Kier alpha value is -0.630. The third-order valence-electron chi connectivity index (χ3n) is 3.55. The summed E-state index contributed by atoms with van der Waals surface area (Å²) in [6, 6.07) is 2.46. The predicted molar refractivity (Wildman–Crippen MR) is 87.0 cm³/mol. The van der Waals surface area contributed by atoms with E-state index in [2.05, 4.69) is 21.2 Å². The zero-order valence-electron chi connectivity index (χ0n) is 12.0. The van der Waals surface area contributed by atoms with Gasteiger partial charge in [-0.3, -0.25) is 4.79 Å². The maximum atomic E-state index is 12.4. The Balaban J connectivity index is 3.30. The van der Waals surface area contributed by atoms with Crippen LogP contribution in [-0.4, -0.2) is 19.9 Å². The molecule has 0 aliphatic rings. The van der Waals surface area contributed by atoms with Crippen molar-refractivity contribution in [3.05, 3.63) is 27.2 Å². The maximum absolute atomic E-state index is 12.4. The average Bonchev–Trinajstić information content (AvgIpc) is 2.40. The zero-order valence-corrected chi connectivity index (χ0v) is 15.2. The first kappa shape index (κ1) is 18.4. The SMILES string of the molecule is CCC(C)(CC)NC(=O)c1cc(S(N)(=O)=O)cc(Br)c1Cl. The number of hydrogen-bond donors (Lipinski definition) is 2. The molecule has 0 radical (unpaired) electrons. The molecule has 1 amide bonds. The lowest BCUT2D eigenvalue weighted by Gasteiger charge is -2.28. The highest BCUT2D eigenvalue weighted by Gasteiger charge is 2.25. The van der Waals surface area contributed by atoms with E-state index in [-0.39, 0.29) is 21.0 Å². The third-order valence-corrected chi connectivity index (χ3v) is 5.70. The van der Waals surface area contributed by atoms with Gasteiger partial charge in [-0.15, -0.1) is 0 Å². The van der Waals surface area contributed by atoms with Gasteiger partial charge in [0.05, 0.1) is 15.5 Å². The lowest BCUT2D eigenvalue weighted by Crippen LogP contribution is -2.45. The lowest BCUT2D eigenvalue weighted by molar-refractivity contribution is 0.0901. The molecule has 0 aromatic heterocycles. The number of benzene rings is 1. The van der Waals surface area contributed by atoms with Crippen molar-refractivity contribution in [2.75, 3.05) is 0 Å². The zero-order chi connectivity index (χ0) is 16.4. The molecule has 0 unspecified atom stereocenters. The molecule has 1 aromatic carbocycles. The van der Waals surface area contributed by atoms with Crippen LogP contribution in [0.15, 0.2) is 21.5 Å². The van der Waals surface area contributed by atoms with E-state index in [0.29, 0.717) is 4.47 Å². The Morgan fingerprint density at radius 1 is 1.38 bits per heavy atom. The van der Waals surface area contributed by atoms with Crippen molar-refractivity contribution >= 4 is 43.5 Å². The van der Waals surface area contributed by atoms with Crippen molar-refractivity contribution in [1.29, 1.82) is 0 Å². The molecule has 0 fully saturated rings. The molecule has 0 atom stereocenters. The van der Waals surface area contributed by atoms with Crippen LogP contribution in [0.4, 0.5) is 0 Å². The second kappa shape index (κ2) is 6.64. The normalized spacial score (nSPS) is 12.3. The molecule has 8 heteroatoms. The van der Waals surface area contributed by atoms with Crippen molar-refractivity contribution in [2.24, 2.45) is 5.14 Å². The maximum Gasteiger partial charge on any atom is 0.253 e. The first-order valence-corrected chi connectivity index (χ1v) is 9.10. The number of carbonyl (C=O) groups excluding carboxylic acids is 1. The lowest BCUT2D eigenvalue weighted by atomic mass is 9.95. The number of rotatable bonds is 5. The highest BCUT2D eigenvalue weighted by Crippen LogP contribution is 2.30. The van der Waals surface area contributed by atoms with Gasteiger partial charge < -0.3 is 5.32 Å². The largest absolute Gasteiger partial charge is 0.347 e. The van der Waals surface area contributed by atoms with Gasteiger partial charge in [0.2, 0.25) is 10.0 Å². The molecular weight excluding hydrogens is 380 g/mol. The monoisotopic (exact) mass is 396 g/mol. The summed E-state index contributed by atoms with van der Waals surface area (Å²) in [4.78, 5) is 12.2. The van der Waals surface area contributed by atoms with E-state index in [9.17, 15) is 13.2 Å². The predicted octanol–water partition coefficient (Wildman–Crippen LogP) is 3.06. The summed E-state index contributed by atoms with van der Waals surface area (Å²) in [5.41, 5.74) is -0.312. The van der Waals surface area contributed by atoms with Gasteiger partial charge in [-0.1, -0.05) is 25.4 Å². The molecule has 0 aliphatic carbocycles. The summed E-state index contributed by atoms with van der Waals surface area (Å²) in [5, 5.41) is 8.12. The molecule has 0 spiro atoms. The van der Waals surface area contributed by atoms with Crippen molar-refractivity contribution in [1.82, 2.24) is 5.32 Å². The molecule has 1 aromatic rings. The first-order chi connectivity index (χ1) is 9.54. The van der Waals surface area contributed by atoms with Crippen LogP contribution in [0.5, 0.6) is 0 Å². The summed E-state index contributed by atoms with van der Waals surface area (Å²) in [7, 11) is -3.92. The number of amides is 1. The van der Waals surface area contributed by atoms with Gasteiger partial charge in [0.15, 0.2) is 0 Å². The smallest absolute Gasteiger partial charge is 0.253 e. The van der Waals surface area contributed by atoms with Gasteiger partial charge in [0, 0.05) is 10.0 Å². The van der Waals surface area contributed by atoms with Crippen LogP contribution in [0.2, 0.25) is 5.02 Å². The Bertz CT molecular complexity index is 658. The summed E-state index contributed by atoms with van der Waals surface area (Å²) in [6.07, 6.45) is 1.48. The molecular formula is C13H18BrClN2O3S. The van der Waals surface area contributed by atoms with E-state index >= 15 is 0 Å². The van der Waals surface area contributed by atoms with Gasteiger partial charge in [-0.25, -0.2) is 13.6 Å². The number of sulfonamides is 1. The third kappa shape index (κ3) is 4.42. The van der Waals surface area contributed by atoms with Gasteiger partial charge >= 0.3 is 0 Å². The molecule has 5 nitrogen and oxygen atoms in total. The number of halogens is 2. The van der Waals surface area contributed by atoms with Crippen molar-refractivity contribution in [3.63, 3.8) is 0 Å². The minimum atomic E-state index is -3.92. The molecule has 0 saturated carbocycles. The fourth-order valence-electron chi connectivity index (χ4n) is 1.66. The minimum Gasteiger partial charge on any atom is -0.347 e. The average molecular weight is 398 g/mol. The van der Waals surface area contributed by atoms with Gasteiger partial charge in [-0.05, 0) is 47.8 Å². The number of nitrogens with one attached hydrogen (secondary N) is 1. The Kier molecular flexibility index (Phi) is 5.83. The standard InChI is InChI=1S/C13H18BrClN2O3S/c1-4-13(3,5-2)17-12(18)9-6-8(21(16,19)20)7-10(14)11(9)15/h6-7H,4-5H2,1-3H3,(H,17,18)(H2,16,19,20). The fourth-order valence-corrected chi connectivity index (χ4v) is 3.03. The molecule has 0 bridgehead atoms. The van der Waals surface area contributed by atoms with Crippen LogP contribution in [0.1, 0.15) is 44.0 Å². The van der Waals surface area contributed by atoms with E-state index in [4.69, 9.17) is 16.7 Å². The van der Waals surface area contributed by atoms with Gasteiger partial charge in [0.1, 0.15) is 0 Å². The Morgan fingerprint density at radius 3 is 2.33 bits per heavy atom. The number of hydrogen-bond acceptors (Lipinski definition) is 3. The van der Waals surface area contributed by atoms with Crippen LogP contribution in [0.25, 0.3) is 0 Å². The topological polar surface area (TPSA) is 89.3 Å². The van der Waals surface area contributed by atoms with Crippen LogP contribution in [0, 0.1) is 0 Å². The van der Waals surface area contributed by atoms with Crippen LogP contribution < -0.4 is 10.5 Å². The summed E-state index contributed by atoms with van der Waals surface area (Å²) >= 11 is 9.22. The summed E-state index contributed by atoms with van der Waals surface area (Å²) in [6.45, 7) is 5.83. The van der Waals surface area contributed by atoms with Crippen LogP contribution >= 0.6 is 27.5 Å². The molecule has 1 rings (SSSR count). The molecule has 3 N–H and O–H groups in total. The number of nitrogens with two attached hydrogens (primary N) is 1. The van der Waals surface area contributed by atoms with Crippen LogP contribution in [-0.2, 0) is 10.0 Å².